The zero-order chi connectivity index (χ0) is 21.6. The second-order valence-electron chi connectivity index (χ2n) is 8.72. The van der Waals surface area contributed by atoms with Crippen molar-refractivity contribution in [2.45, 2.75) is 71.6 Å². The van der Waals surface area contributed by atoms with Gasteiger partial charge in [0.15, 0.2) is 6.10 Å². The lowest BCUT2D eigenvalue weighted by atomic mass is 9.93. The van der Waals surface area contributed by atoms with Crippen LogP contribution in [0.2, 0.25) is 0 Å². The van der Waals surface area contributed by atoms with Gasteiger partial charge in [0.2, 0.25) is 0 Å². The molecule has 7 nitrogen and oxygen atoms in total. The zero-order valence-electron chi connectivity index (χ0n) is 18.0. The van der Waals surface area contributed by atoms with Crippen LogP contribution in [0, 0.1) is 5.41 Å². The number of benzene rings is 1. The van der Waals surface area contributed by atoms with Gasteiger partial charge in [0.1, 0.15) is 0 Å². The number of nitrogens with one attached hydrogen (secondary N) is 1. The number of hydrogen-bond donors (Lipinski definition) is 3. The Hall–Kier alpha value is -2.12. The molecule has 1 fully saturated rings. The average Bonchev–Trinajstić information content (AvgIpc) is 3.03. The highest BCUT2D eigenvalue weighted by atomic mass is 16.4. The Morgan fingerprint density at radius 3 is 2.45 bits per heavy atom. The lowest BCUT2D eigenvalue weighted by Crippen LogP contribution is -2.58. The van der Waals surface area contributed by atoms with E-state index in [4.69, 9.17) is 0 Å². The molecule has 7 heteroatoms. The van der Waals surface area contributed by atoms with Crippen LogP contribution in [0.1, 0.15) is 65.0 Å². The van der Waals surface area contributed by atoms with Gasteiger partial charge in [0.25, 0.3) is 5.91 Å². The molecule has 1 aliphatic rings. The molecule has 1 saturated heterocycles. The largest absolute Gasteiger partial charge is 0.464 e. The van der Waals surface area contributed by atoms with E-state index in [1.165, 1.54) is 5.01 Å². The standard InChI is InChI=1S/C22H35N3O4/c1-5-6-12-18(25(21(28)29)24-14-13-22(3,4)15-24)19(26)20(27)23-16(2)17-10-8-7-9-11-17/h7-11,16,18-19,26H,5-6,12-15H2,1-4H3,(H,23,27)(H,28,29)/t16-,18?,19?/m1/s1. The number of nitrogens with zero attached hydrogens (tertiary/aromatic N) is 2. The third-order valence-corrected chi connectivity index (χ3v) is 5.62. The number of carboxylic acid groups (broad SMARTS) is 1. The molecule has 2 amide bonds. The van der Waals surface area contributed by atoms with Crippen LogP contribution < -0.4 is 5.32 Å². The topological polar surface area (TPSA) is 93.1 Å². The smallest absolute Gasteiger partial charge is 0.422 e. The van der Waals surface area contributed by atoms with Crippen molar-refractivity contribution in [3.05, 3.63) is 35.9 Å². The Morgan fingerprint density at radius 2 is 1.93 bits per heavy atom. The summed E-state index contributed by atoms with van der Waals surface area (Å²) in [5.41, 5.74) is 0.924. The van der Waals surface area contributed by atoms with Gasteiger partial charge in [-0.15, -0.1) is 0 Å². The third kappa shape index (κ3) is 6.18. The SMILES string of the molecule is CCCCC(C(O)C(=O)N[C@H](C)c1ccccc1)N(C(=O)O)N1CCC(C)(C)C1. The van der Waals surface area contributed by atoms with Crippen LogP contribution >= 0.6 is 0 Å². The monoisotopic (exact) mass is 405 g/mol. The fourth-order valence-electron chi connectivity index (χ4n) is 3.87. The van der Waals surface area contributed by atoms with Crippen LogP contribution in [0.5, 0.6) is 0 Å². The molecule has 3 atom stereocenters. The van der Waals surface area contributed by atoms with E-state index in [1.807, 2.05) is 44.2 Å². The summed E-state index contributed by atoms with van der Waals surface area (Å²) < 4.78 is 0. The first kappa shape index (κ1) is 23.2. The number of carbonyl (C=O) groups is 2. The highest BCUT2D eigenvalue weighted by Crippen LogP contribution is 2.31. The van der Waals surface area contributed by atoms with Crippen LogP contribution in [0.25, 0.3) is 0 Å². The van der Waals surface area contributed by atoms with Gasteiger partial charge in [-0.05, 0) is 30.7 Å². The molecule has 1 aliphatic heterocycles. The Labute approximate surface area is 173 Å². The summed E-state index contributed by atoms with van der Waals surface area (Å²) >= 11 is 0. The van der Waals surface area contributed by atoms with Gasteiger partial charge in [-0.25, -0.2) is 14.8 Å². The Balaban J connectivity index is 2.17. The number of unbranched alkanes of at least 4 members (excludes halogenated alkanes) is 1. The molecule has 0 radical (unpaired) electrons. The van der Waals surface area contributed by atoms with Crippen molar-refractivity contribution in [1.29, 1.82) is 0 Å². The molecular weight excluding hydrogens is 370 g/mol. The fraction of sp³-hybridized carbons (Fsp3) is 0.636. The van der Waals surface area contributed by atoms with Gasteiger partial charge in [0.05, 0.1) is 12.1 Å². The second-order valence-corrected chi connectivity index (χ2v) is 8.72. The van der Waals surface area contributed by atoms with Crippen molar-refractivity contribution >= 4 is 12.0 Å². The Bertz CT molecular complexity index is 680. The Morgan fingerprint density at radius 1 is 1.28 bits per heavy atom. The minimum absolute atomic E-state index is 0.00194. The van der Waals surface area contributed by atoms with Gasteiger partial charge in [0, 0.05) is 13.1 Å². The van der Waals surface area contributed by atoms with E-state index in [9.17, 15) is 19.8 Å². The van der Waals surface area contributed by atoms with Crippen molar-refractivity contribution in [1.82, 2.24) is 15.3 Å². The highest BCUT2D eigenvalue weighted by molar-refractivity contribution is 5.82. The number of aliphatic hydroxyl groups is 1. The Kier molecular flexibility index (Phi) is 8.05. The minimum atomic E-state index is -1.44. The number of rotatable bonds is 9. The van der Waals surface area contributed by atoms with Crippen molar-refractivity contribution in [2.75, 3.05) is 13.1 Å². The fourth-order valence-corrected chi connectivity index (χ4v) is 3.87. The maximum Gasteiger partial charge on any atom is 0.422 e. The summed E-state index contributed by atoms with van der Waals surface area (Å²) in [5.74, 6) is -0.549. The first-order valence-electron chi connectivity index (χ1n) is 10.5. The van der Waals surface area contributed by atoms with E-state index in [0.29, 0.717) is 19.5 Å². The van der Waals surface area contributed by atoms with Crippen LogP contribution in [0.4, 0.5) is 4.79 Å². The molecule has 0 aliphatic carbocycles. The quantitative estimate of drug-likeness (QED) is 0.585. The molecule has 0 saturated carbocycles. The van der Waals surface area contributed by atoms with Crippen LogP contribution in [-0.4, -0.2) is 57.5 Å². The van der Waals surface area contributed by atoms with Gasteiger partial charge in [-0.2, -0.15) is 0 Å². The molecule has 2 rings (SSSR count). The van der Waals surface area contributed by atoms with Crippen LogP contribution in [0.15, 0.2) is 30.3 Å². The summed E-state index contributed by atoms with van der Waals surface area (Å²) in [6.45, 7) is 9.22. The molecular formula is C22H35N3O4. The molecule has 3 N–H and O–H groups in total. The first-order chi connectivity index (χ1) is 13.7. The van der Waals surface area contributed by atoms with E-state index < -0.39 is 24.1 Å². The number of hydrogen-bond acceptors (Lipinski definition) is 4. The van der Waals surface area contributed by atoms with E-state index in [2.05, 4.69) is 19.2 Å². The van der Waals surface area contributed by atoms with Gasteiger partial charge < -0.3 is 15.5 Å². The molecule has 162 valence electrons. The molecule has 0 aromatic heterocycles. The summed E-state index contributed by atoms with van der Waals surface area (Å²) in [6.07, 6.45) is 0.298. The molecule has 0 spiro atoms. The maximum absolute atomic E-state index is 12.8. The first-order valence-corrected chi connectivity index (χ1v) is 10.5. The minimum Gasteiger partial charge on any atom is -0.464 e. The number of hydrazine groups is 1. The summed E-state index contributed by atoms with van der Waals surface area (Å²) in [6, 6.07) is 8.39. The second kappa shape index (κ2) is 10.1. The van der Waals surface area contributed by atoms with Gasteiger partial charge in [-0.1, -0.05) is 63.9 Å². The highest BCUT2D eigenvalue weighted by Gasteiger charge is 2.41. The predicted molar refractivity (Wildman–Crippen MR) is 112 cm³/mol. The molecule has 1 heterocycles. The molecule has 29 heavy (non-hydrogen) atoms. The van der Waals surface area contributed by atoms with Crippen molar-refractivity contribution < 1.29 is 19.8 Å². The van der Waals surface area contributed by atoms with Crippen LogP contribution in [-0.2, 0) is 4.79 Å². The third-order valence-electron chi connectivity index (χ3n) is 5.62. The molecule has 2 unspecified atom stereocenters. The van der Waals surface area contributed by atoms with E-state index in [-0.39, 0.29) is 11.5 Å². The van der Waals surface area contributed by atoms with E-state index in [0.717, 1.165) is 24.8 Å². The normalized spacial score (nSPS) is 19.3. The van der Waals surface area contributed by atoms with E-state index >= 15 is 0 Å². The summed E-state index contributed by atoms with van der Waals surface area (Å²) in [5, 5.41) is 26.6. The average molecular weight is 406 g/mol. The number of amides is 2. The molecule has 1 aromatic rings. The number of aliphatic hydroxyl groups excluding tert-OH is 1. The lowest BCUT2D eigenvalue weighted by Gasteiger charge is -2.38. The summed E-state index contributed by atoms with van der Waals surface area (Å²) in [4.78, 5) is 24.9. The van der Waals surface area contributed by atoms with E-state index in [1.54, 1.807) is 5.01 Å². The maximum atomic E-state index is 12.8. The lowest BCUT2D eigenvalue weighted by molar-refractivity contribution is -0.139. The van der Waals surface area contributed by atoms with Gasteiger partial charge >= 0.3 is 6.09 Å². The van der Waals surface area contributed by atoms with Gasteiger partial charge in [-0.3, -0.25) is 4.79 Å². The van der Waals surface area contributed by atoms with Crippen LogP contribution in [0.3, 0.4) is 0 Å². The molecule has 0 bridgehead atoms. The number of carbonyl (C=O) groups excluding carboxylic acids is 1. The zero-order valence-corrected chi connectivity index (χ0v) is 18.0. The van der Waals surface area contributed by atoms with Crippen molar-refractivity contribution in [3.8, 4) is 0 Å². The predicted octanol–water partition coefficient (Wildman–Crippen LogP) is 3.41. The van der Waals surface area contributed by atoms with Crippen molar-refractivity contribution in [3.63, 3.8) is 0 Å². The molecule has 1 aromatic carbocycles. The van der Waals surface area contributed by atoms with Crippen molar-refractivity contribution in [2.24, 2.45) is 5.41 Å². The summed E-state index contributed by atoms with van der Waals surface area (Å²) in [7, 11) is 0.